The van der Waals surface area contributed by atoms with Crippen LogP contribution < -0.4 is 0 Å². The van der Waals surface area contributed by atoms with E-state index in [1.165, 1.54) is 231 Å². The molecular weight excluding hydrogens is 873 g/mol. The minimum absolute atomic E-state index is 0.473. The summed E-state index contributed by atoms with van der Waals surface area (Å²) in [4.78, 5) is 6.56. The molecule has 0 amide bonds. The predicted octanol–water partition coefficient (Wildman–Crippen LogP) is 18.5. The number of allylic oxidation sites excluding steroid dienone is 7. The lowest BCUT2D eigenvalue weighted by molar-refractivity contribution is -0.103. The molecule has 15 atom stereocenters. The van der Waals surface area contributed by atoms with Crippen LogP contribution in [0.1, 0.15) is 264 Å². The van der Waals surface area contributed by atoms with Gasteiger partial charge in [-0.3, -0.25) is 4.90 Å². The van der Waals surface area contributed by atoms with Crippen molar-refractivity contribution >= 4 is 0 Å². The summed E-state index contributed by atoms with van der Waals surface area (Å²) in [5.74, 6) is 11.8. The summed E-state index contributed by atoms with van der Waals surface area (Å²) < 4.78 is 7.14. The van der Waals surface area contributed by atoms with Crippen LogP contribution in [0.25, 0.3) is 0 Å². The largest absolute Gasteiger partial charge is 0.375 e. The second-order valence-corrected chi connectivity index (χ2v) is 29.2. The number of nitrogens with zero attached hydrogens (tertiary/aromatic N) is 2. The highest BCUT2D eigenvalue weighted by Gasteiger charge is 2.67. The average molecular weight is 982 g/mol. The Kier molecular flexibility index (Phi) is 15.2. The number of likely N-dealkylation sites (tertiary alicyclic amines) is 1. The summed E-state index contributed by atoms with van der Waals surface area (Å²) in [5, 5.41) is 0. The molecule has 1 saturated heterocycles. The molecule has 1 aliphatic heterocycles. The van der Waals surface area contributed by atoms with Crippen molar-refractivity contribution in [1.29, 1.82) is 0 Å². The van der Waals surface area contributed by atoms with E-state index in [4.69, 9.17) is 4.74 Å². The molecule has 0 bridgehead atoms. The monoisotopic (exact) mass is 981 g/mol. The Morgan fingerprint density at radius 2 is 1.31 bits per heavy atom. The van der Waals surface area contributed by atoms with Crippen molar-refractivity contribution < 1.29 is 4.74 Å². The maximum atomic E-state index is 7.14. The Hall–Kier alpha value is -1.32. The first-order chi connectivity index (χ1) is 35.5. The maximum absolute atomic E-state index is 7.14. The van der Waals surface area contributed by atoms with Crippen LogP contribution >= 0.6 is 0 Å². The van der Waals surface area contributed by atoms with E-state index < -0.39 is 0 Å². The fraction of sp³-hybridized carbons (Fsp3) is 0.884. The smallest absolute Gasteiger partial charge is 0.0579 e. The molecule has 0 aromatic heterocycles. The molecule has 13 aliphatic rings. The van der Waals surface area contributed by atoms with Gasteiger partial charge < -0.3 is 9.64 Å². The Bertz CT molecular complexity index is 1960. The fourth-order valence-electron chi connectivity index (χ4n) is 23.2. The first kappa shape index (κ1) is 50.2. The Morgan fingerprint density at radius 1 is 0.583 bits per heavy atom. The molecule has 0 aromatic carbocycles. The van der Waals surface area contributed by atoms with Crippen LogP contribution in [0.5, 0.6) is 0 Å². The molecule has 0 N–H and O–H groups in total. The summed E-state index contributed by atoms with van der Waals surface area (Å²) in [6.45, 7) is 9.46. The van der Waals surface area contributed by atoms with Crippen molar-refractivity contribution in [1.82, 2.24) is 9.80 Å². The Labute approximate surface area is 442 Å². The van der Waals surface area contributed by atoms with E-state index in [1.807, 2.05) is 17.0 Å². The molecule has 3 heteroatoms. The third-order valence-electron chi connectivity index (χ3n) is 26.1. The lowest BCUT2D eigenvalue weighted by Crippen LogP contribution is -2.53. The summed E-state index contributed by atoms with van der Waals surface area (Å²) in [7, 11) is 0. The molecule has 3 nitrogen and oxygen atoms in total. The minimum Gasteiger partial charge on any atom is -0.375 e. The molecule has 13 rings (SSSR count). The molecule has 15 unspecified atom stereocenters. The Morgan fingerprint density at radius 3 is 2.11 bits per heavy atom. The number of ether oxygens (including phenoxy) is 1. The van der Waals surface area contributed by atoms with Crippen molar-refractivity contribution in [3.63, 3.8) is 0 Å². The molecule has 9 saturated carbocycles. The second kappa shape index (κ2) is 21.8. The third kappa shape index (κ3) is 9.22. The summed E-state index contributed by atoms with van der Waals surface area (Å²) >= 11 is 0. The molecule has 72 heavy (non-hydrogen) atoms. The standard InChI is InChI=1S/C69H108N2O/c1-4-48-27-37-56(38-28-48)72-57-39-32-52(33-40-57)69(64-43-46(2)25-26-47(64)3)63-22-12-10-20-59(63)60-41-36-55(45-65(60)69)70(66-24-14-16-50-15-8-9-19-58(50)66)54-34-29-49(30-35-54)51-31-42-68-62(44-51)61-21-11-13-23-67(61)71(68)53-17-6-5-7-18-53/h4,34,43,47-53,55-57,59-65,67-68H,1,5-33,35-42,44-45H2,2-3H3. The van der Waals surface area contributed by atoms with Crippen molar-refractivity contribution in [3.8, 4) is 0 Å². The topological polar surface area (TPSA) is 15.7 Å². The van der Waals surface area contributed by atoms with Gasteiger partial charge in [-0.15, -0.1) is 6.58 Å². The number of hydrogen-bond acceptors (Lipinski definition) is 3. The van der Waals surface area contributed by atoms with Gasteiger partial charge in [-0.25, -0.2) is 0 Å². The quantitative estimate of drug-likeness (QED) is 0.203. The van der Waals surface area contributed by atoms with Crippen molar-refractivity contribution in [2.45, 2.75) is 301 Å². The number of rotatable bonds is 10. The van der Waals surface area contributed by atoms with Crippen molar-refractivity contribution in [3.05, 3.63) is 47.3 Å². The number of fused-ring (bicyclic) bond motifs is 7. The first-order valence-electron chi connectivity index (χ1n) is 33.4. The zero-order valence-corrected chi connectivity index (χ0v) is 46.8. The van der Waals surface area contributed by atoms with E-state index in [1.54, 1.807) is 24.8 Å². The molecular formula is C69H108N2O. The van der Waals surface area contributed by atoms with Gasteiger partial charge in [-0.05, 0) is 294 Å². The maximum Gasteiger partial charge on any atom is 0.0579 e. The molecule has 0 spiro atoms. The van der Waals surface area contributed by atoms with Crippen LogP contribution in [0.2, 0.25) is 0 Å². The molecule has 1 heterocycles. The average Bonchev–Trinajstić information content (AvgIpc) is 3.92. The van der Waals surface area contributed by atoms with Gasteiger partial charge in [-0.2, -0.15) is 0 Å². The molecule has 0 radical (unpaired) electrons. The molecule has 10 fully saturated rings. The third-order valence-corrected chi connectivity index (χ3v) is 26.1. The zero-order chi connectivity index (χ0) is 48.3. The molecule has 0 aromatic rings. The van der Waals surface area contributed by atoms with Crippen molar-refractivity contribution in [2.24, 2.45) is 82.3 Å². The van der Waals surface area contributed by atoms with Gasteiger partial charge in [0.2, 0.25) is 0 Å². The fourth-order valence-corrected chi connectivity index (χ4v) is 23.2. The highest BCUT2D eigenvalue weighted by atomic mass is 16.5. The van der Waals surface area contributed by atoms with E-state index in [-0.39, 0.29) is 0 Å². The summed E-state index contributed by atoms with van der Waals surface area (Å²) in [6.07, 6.45) is 65.8. The van der Waals surface area contributed by atoms with Crippen LogP contribution in [-0.2, 0) is 4.74 Å². The highest BCUT2D eigenvalue weighted by molar-refractivity contribution is 5.29. The van der Waals surface area contributed by atoms with E-state index in [0.717, 1.165) is 95.1 Å². The van der Waals surface area contributed by atoms with Crippen LogP contribution in [-0.4, -0.2) is 46.2 Å². The van der Waals surface area contributed by atoms with Crippen LogP contribution in [0.3, 0.4) is 0 Å². The van der Waals surface area contributed by atoms with Crippen LogP contribution in [0.4, 0.5) is 0 Å². The summed E-state index contributed by atoms with van der Waals surface area (Å²) in [6, 6.07) is 3.51. The summed E-state index contributed by atoms with van der Waals surface area (Å²) in [5.41, 5.74) is 7.95. The van der Waals surface area contributed by atoms with Gasteiger partial charge >= 0.3 is 0 Å². The van der Waals surface area contributed by atoms with E-state index in [2.05, 4.69) is 48.5 Å². The SMILES string of the molecule is C=CC1CCC(OC2CCC(C3(C4C=C(C)CCC4C)C4CCCCC4C4CCC(N(C5=CCC(C6CCC7C(C6)C6CCCCC6N7C6CCCCC6)CC5)C5=C6CCCCC6CCC5)CC43)CC2)CC1. The Balaban J connectivity index is 0.795. The van der Waals surface area contributed by atoms with Gasteiger partial charge in [0.05, 0.1) is 12.2 Å². The van der Waals surface area contributed by atoms with Crippen LogP contribution in [0, 0.1) is 82.3 Å². The molecule has 12 aliphatic carbocycles. The van der Waals surface area contributed by atoms with Gasteiger partial charge in [0, 0.05) is 35.6 Å². The van der Waals surface area contributed by atoms with Crippen molar-refractivity contribution in [2.75, 3.05) is 0 Å². The second-order valence-electron chi connectivity index (χ2n) is 29.2. The lowest BCUT2D eigenvalue weighted by Gasteiger charge is -2.58. The predicted molar refractivity (Wildman–Crippen MR) is 300 cm³/mol. The van der Waals surface area contributed by atoms with E-state index >= 15 is 0 Å². The van der Waals surface area contributed by atoms with Gasteiger partial charge in [0.25, 0.3) is 0 Å². The minimum atomic E-state index is 0.473. The van der Waals surface area contributed by atoms with Gasteiger partial charge in [-0.1, -0.05) is 82.1 Å². The highest BCUT2D eigenvalue weighted by Crippen LogP contribution is 2.72. The van der Waals surface area contributed by atoms with Gasteiger partial charge in [0.15, 0.2) is 0 Å². The molecule has 400 valence electrons. The lowest BCUT2D eigenvalue weighted by atomic mass is 9.47. The normalized spacial score (nSPS) is 47.2. The van der Waals surface area contributed by atoms with Crippen LogP contribution in [0.15, 0.2) is 47.3 Å². The zero-order valence-electron chi connectivity index (χ0n) is 46.8. The van der Waals surface area contributed by atoms with Gasteiger partial charge in [0.1, 0.15) is 0 Å². The van der Waals surface area contributed by atoms with E-state index in [9.17, 15) is 0 Å². The first-order valence-corrected chi connectivity index (χ1v) is 33.4. The van der Waals surface area contributed by atoms with E-state index in [0.29, 0.717) is 23.7 Å². The number of hydrogen-bond donors (Lipinski definition) is 0.